The van der Waals surface area contributed by atoms with Gasteiger partial charge in [-0.3, -0.25) is 0 Å². The molecule has 0 aliphatic carbocycles. The summed E-state index contributed by atoms with van der Waals surface area (Å²) in [5.74, 6) is 0.700. The molecular weight excluding hydrogens is 224 g/mol. The van der Waals surface area contributed by atoms with Gasteiger partial charge < -0.3 is 15.3 Å². The third-order valence-corrected chi connectivity index (χ3v) is 4.15. The third kappa shape index (κ3) is 6.17. The first kappa shape index (κ1) is 17.9. The highest BCUT2D eigenvalue weighted by Crippen LogP contribution is 2.27. The highest BCUT2D eigenvalue weighted by atomic mass is 16.3. The fourth-order valence-electron chi connectivity index (χ4n) is 2.23. The van der Waals surface area contributed by atoms with Crippen molar-refractivity contribution in [1.82, 2.24) is 10.2 Å². The Labute approximate surface area is 114 Å². The summed E-state index contributed by atoms with van der Waals surface area (Å²) in [5, 5.41) is 12.8. The highest BCUT2D eigenvalue weighted by molar-refractivity contribution is 4.83. The van der Waals surface area contributed by atoms with E-state index in [0.29, 0.717) is 11.3 Å². The molecule has 0 aromatic rings. The second-order valence-electron chi connectivity index (χ2n) is 6.18. The Morgan fingerprint density at radius 1 is 1.17 bits per heavy atom. The molecule has 3 heteroatoms. The summed E-state index contributed by atoms with van der Waals surface area (Å²) in [7, 11) is 2.11. The van der Waals surface area contributed by atoms with Gasteiger partial charge in [-0.15, -0.1) is 0 Å². The molecule has 110 valence electrons. The minimum absolute atomic E-state index is 0.236. The smallest absolute Gasteiger partial charge is 0.0584 e. The normalized spacial score (nSPS) is 14.5. The van der Waals surface area contributed by atoms with Crippen molar-refractivity contribution < 1.29 is 5.11 Å². The Morgan fingerprint density at radius 2 is 1.72 bits per heavy atom. The maximum absolute atomic E-state index is 9.24. The van der Waals surface area contributed by atoms with Crippen LogP contribution >= 0.6 is 0 Å². The summed E-state index contributed by atoms with van der Waals surface area (Å²) in [6, 6.07) is 0.243. The van der Waals surface area contributed by atoms with Crippen molar-refractivity contribution in [2.75, 3.05) is 33.3 Å². The van der Waals surface area contributed by atoms with Gasteiger partial charge >= 0.3 is 0 Å². The molecule has 0 saturated carbocycles. The van der Waals surface area contributed by atoms with E-state index in [1.807, 2.05) is 0 Å². The number of aliphatic hydroxyl groups excluding tert-OH is 1. The fraction of sp³-hybridized carbons (Fsp3) is 1.00. The Morgan fingerprint density at radius 3 is 2.11 bits per heavy atom. The molecule has 1 unspecified atom stereocenters. The minimum Gasteiger partial charge on any atom is -0.395 e. The van der Waals surface area contributed by atoms with Crippen LogP contribution < -0.4 is 5.32 Å². The molecule has 0 amide bonds. The molecule has 18 heavy (non-hydrogen) atoms. The Hall–Kier alpha value is -0.120. The Kier molecular flexibility index (Phi) is 8.83. The van der Waals surface area contributed by atoms with Crippen LogP contribution in [0.4, 0.5) is 0 Å². The van der Waals surface area contributed by atoms with E-state index in [1.54, 1.807) is 0 Å². The summed E-state index contributed by atoms with van der Waals surface area (Å²) in [6.07, 6.45) is 2.36. The van der Waals surface area contributed by atoms with Crippen molar-refractivity contribution >= 4 is 0 Å². The molecule has 2 N–H and O–H groups in total. The fourth-order valence-corrected chi connectivity index (χ4v) is 2.23. The van der Waals surface area contributed by atoms with Crippen molar-refractivity contribution in [3.05, 3.63) is 0 Å². The zero-order chi connectivity index (χ0) is 14.2. The molecule has 0 spiro atoms. The number of hydrogen-bond donors (Lipinski definition) is 2. The van der Waals surface area contributed by atoms with Gasteiger partial charge in [-0.25, -0.2) is 0 Å². The van der Waals surface area contributed by atoms with E-state index >= 15 is 0 Å². The molecule has 0 fully saturated rings. The average Bonchev–Trinajstić information content (AvgIpc) is 2.35. The predicted octanol–water partition coefficient (Wildman–Crippen LogP) is 2.35. The zero-order valence-corrected chi connectivity index (χ0v) is 13.3. The van der Waals surface area contributed by atoms with Gasteiger partial charge in [-0.2, -0.15) is 0 Å². The van der Waals surface area contributed by atoms with Crippen LogP contribution in [0.5, 0.6) is 0 Å². The SMILES string of the molecule is CCC(CC)(CNCC(C)C)CN(C)C(C)CO. The van der Waals surface area contributed by atoms with E-state index < -0.39 is 0 Å². The van der Waals surface area contributed by atoms with Gasteiger partial charge in [-0.05, 0) is 44.7 Å². The maximum atomic E-state index is 9.24. The lowest BCUT2D eigenvalue weighted by Gasteiger charge is -2.38. The van der Waals surface area contributed by atoms with Crippen molar-refractivity contribution in [2.24, 2.45) is 11.3 Å². The summed E-state index contributed by atoms with van der Waals surface area (Å²) >= 11 is 0. The number of aliphatic hydroxyl groups is 1. The van der Waals surface area contributed by atoms with Crippen LogP contribution in [0.25, 0.3) is 0 Å². The van der Waals surface area contributed by atoms with Gasteiger partial charge in [0.25, 0.3) is 0 Å². The van der Waals surface area contributed by atoms with E-state index in [0.717, 1.165) is 19.6 Å². The lowest BCUT2D eigenvalue weighted by atomic mass is 9.81. The maximum Gasteiger partial charge on any atom is 0.0584 e. The van der Waals surface area contributed by atoms with E-state index in [2.05, 4.69) is 51.9 Å². The van der Waals surface area contributed by atoms with Crippen LogP contribution in [0.2, 0.25) is 0 Å². The summed E-state index contributed by atoms with van der Waals surface area (Å²) < 4.78 is 0. The molecule has 0 radical (unpaired) electrons. The number of rotatable bonds is 10. The largest absolute Gasteiger partial charge is 0.395 e. The molecule has 0 saturated heterocycles. The lowest BCUT2D eigenvalue weighted by Crippen LogP contribution is -2.46. The molecule has 0 rings (SSSR count). The van der Waals surface area contributed by atoms with Crippen molar-refractivity contribution in [3.63, 3.8) is 0 Å². The molecule has 3 nitrogen and oxygen atoms in total. The van der Waals surface area contributed by atoms with Gasteiger partial charge in [0, 0.05) is 19.1 Å². The van der Waals surface area contributed by atoms with E-state index in [9.17, 15) is 5.11 Å². The first-order valence-corrected chi connectivity index (χ1v) is 7.42. The molecule has 0 aliphatic rings. The Bertz CT molecular complexity index is 203. The Balaban J connectivity index is 4.41. The highest BCUT2D eigenvalue weighted by Gasteiger charge is 2.28. The van der Waals surface area contributed by atoms with E-state index in [4.69, 9.17) is 0 Å². The van der Waals surface area contributed by atoms with Gasteiger partial charge in [0.15, 0.2) is 0 Å². The van der Waals surface area contributed by atoms with Crippen LogP contribution in [0.1, 0.15) is 47.5 Å². The van der Waals surface area contributed by atoms with Crippen LogP contribution in [-0.2, 0) is 0 Å². The van der Waals surface area contributed by atoms with Crippen LogP contribution in [-0.4, -0.2) is 49.3 Å². The molecular formula is C15H34N2O. The van der Waals surface area contributed by atoms with Gasteiger partial charge in [0.05, 0.1) is 6.61 Å². The number of hydrogen-bond acceptors (Lipinski definition) is 3. The van der Waals surface area contributed by atoms with Crippen molar-refractivity contribution in [3.8, 4) is 0 Å². The molecule has 0 aromatic heterocycles. The molecule has 0 aliphatic heterocycles. The molecule has 0 heterocycles. The first-order valence-electron chi connectivity index (χ1n) is 7.42. The van der Waals surface area contributed by atoms with Gasteiger partial charge in [0.1, 0.15) is 0 Å². The van der Waals surface area contributed by atoms with E-state index in [-0.39, 0.29) is 12.6 Å². The molecule has 0 aromatic carbocycles. The van der Waals surface area contributed by atoms with Crippen LogP contribution in [0.3, 0.4) is 0 Å². The quantitative estimate of drug-likeness (QED) is 0.631. The number of likely N-dealkylation sites (N-methyl/N-ethyl adjacent to an activating group) is 1. The second-order valence-corrected chi connectivity index (χ2v) is 6.18. The summed E-state index contributed by atoms with van der Waals surface area (Å²) in [4.78, 5) is 2.28. The van der Waals surface area contributed by atoms with Crippen molar-refractivity contribution in [2.45, 2.75) is 53.5 Å². The standard InChI is InChI=1S/C15H34N2O/c1-7-15(8-2,11-16-9-13(3)4)12-17(6)14(5)10-18/h13-14,16,18H,7-12H2,1-6H3. The van der Waals surface area contributed by atoms with Crippen molar-refractivity contribution in [1.29, 1.82) is 0 Å². The second kappa shape index (κ2) is 8.89. The number of nitrogens with one attached hydrogen (secondary N) is 1. The zero-order valence-electron chi connectivity index (χ0n) is 13.3. The first-order chi connectivity index (χ1) is 8.40. The van der Waals surface area contributed by atoms with Crippen LogP contribution in [0, 0.1) is 11.3 Å². The lowest BCUT2D eigenvalue weighted by molar-refractivity contribution is 0.0947. The summed E-state index contributed by atoms with van der Waals surface area (Å²) in [5.41, 5.74) is 0.326. The minimum atomic E-state index is 0.236. The third-order valence-electron chi connectivity index (χ3n) is 4.15. The van der Waals surface area contributed by atoms with Crippen LogP contribution in [0.15, 0.2) is 0 Å². The van der Waals surface area contributed by atoms with E-state index in [1.165, 1.54) is 12.8 Å². The topological polar surface area (TPSA) is 35.5 Å². The average molecular weight is 258 g/mol. The predicted molar refractivity (Wildman–Crippen MR) is 79.9 cm³/mol. The number of nitrogens with zero attached hydrogens (tertiary/aromatic N) is 1. The van der Waals surface area contributed by atoms with Gasteiger partial charge in [0.2, 0.25) is 0 Å². The van der Waals surface area contributed by atoms with Gasteiger partial charge in [-0.1, -0.05) is 27.7 Å². The monoisotopic (exact) mass is 258 g/mol. The summed E-state index contributed by atoms with van der Waals surface area (Å²) in [6.45, 7) is 14.6. The molecule has 0 bridgehead atoms. The molecule has 1 atom stereocenters.